The molecule has 0 aromatic heterocycles. The molecule has 0 aliphatic carbocycles. The van der Waals surface area contributed by atoms with Crippen LogP contribution in [0, 0.1) is 5.82 Å². The summed E-state index contributed by atoms with van der Waals surface area (Å²) >= 11 is 4.91. The average Bonchev–Trinajstić information content (AvgIpc) is 2.87. The van der Waals surface area contributed by atoms with Crippen LogP contribution < -0.4 is 21.6 Å². The first-order chi connectivity index (χ1) is 17.6. The number of piperidine rings is 1. The summed E-state index contributed by atoms with van der Waals surface area (Å²) in [5.74, 6) is -2.89. The maximum atomic E-state index is 13.8. The van der Waals surface area contributed by atoms with Crippen LogP contribution >= 0.6 is 12.2 Å². The lowest BCUT2D eigenvalue weighted by molar-refractivity contribution is -0.137. The van der Waals surface area contributed by atoms with E-state index < -0.39 is 34.9 Å². The van der Waals surface area contributed by atoms with Gasteiger partial charge in [0.05, 0.1) is 16.7 Å². The summed E-state index contributed by atoms with van der Waals surface area (Å²) in [7, 11) is 0. The number of nitrogens with one attached hydrogen (secondary N) is 4. The van der Waals surface area contributed by atoms with E-state index in [2.05, 4.69) is 26.5 Å². The van der Waals surface area contributed by atoms with Crippen LogP contribution in [-0.4, -0.2) is 48.1 Å². The third kappa shape index (κ3) is 8.65. The number of carbonyl (C=O) groups is 2. The molecule has 0 unspecified atom stereocenters. The summed E-state index contributed by atoms with van der Waals surface area (Å²) in [5.41, 5.74) is 4.30. The zero-order chi connectivity index (χ0) is 26.8. The number of benzene rings is 2. The lowest BCUT2D eigenvalue weighted by atomic mass is 10.0. The molecular formula is C24H27F4N5O3S. The number of halogens is 4. The molecule has 0 spiro atoms. The summed E-state index contributed by atoms with van der Waals surface area (Å²) in [6.07, 6.45) is -0.469. The summed E-state index contributed by atoms with van der Waals surface area (Å²) < 4.78 is 54.7. The predicted octanol–water partition coefficient (Wildman–Crippen LogP) is 4.01. The molecule has 8 nitrogen and oxygen atoms in total. The lowest BCUT2D eigenvalue weighted by Crippen LogP contribution is -2.44. The van der Waals surface area contributed by atoms with Crippen molar-refractivity contribution in [2.24, 2.45) is 0 Å². The van der Waals surface area contributed by atoms with Crippen molar-refractivity contribution in [3.63, 3.8) is 0 Å². The normalized spacial score (nSPS) is 14.1. The number of alkyl halides is 3. The Hall–Kier alpha value is -3.29. The monoisotopic (exact) mass is 541 g/mol. The van der Waals surface area contributed by atoms with Crippen LogP contribution in [-0.2, 0) is 11.0 Å². The Morgan fingerprint density at radius 3 is 2.41 bits per heavy atom. The zero-order valence-corrected chi connectivity index (χ0v) is 20.6. The van der Waals surface area contributed by atoms with Gasteiger partial charge < -0.3 is 15.1 Å². The smallest absolute Gasteiger partial charge is 0.377 e. The highest BCUT2D eigenvalue weighted by molar-refractivity contribution is 7.80. The standard InChI is InChI=1S/C24H27F4N5O3S/c25-20-8-3-2-7-18(20)21(34)30-16-9-10-17(19(15-16)24(26,27)28)22(35)31-32-23(37)36-29-11-6-14-33-12-4-1-5-13-33/h2-3,7-10,15,29H,1,4-6,11-14H2,(H,30,34)(H,31,35)(H,32,37). The molecule has 0 saturated carbocycles. The average molecular weight is 542 g/mol. The molecule has 2 aromatic carbocycles. The van der Waals surface area contributed by atoms with Gasteiger partial charge in [-0.15, -0.1) is 0 Å². The Morgan fingerprint density at radius 2 is 1.70 bits per heavy atom. The molecule has 1 heterocycles. The van der Waals surface area contributed by atoms with Crippen LogP contribution in [0.25, 0.3) is 0 Å². The first-order valence-electron chi connectivity index (χ1n) is 11.6. The van der Waals surface area contributed by atoms with Crippen LogP contribution in [0.5, 0.6) is 0 Å². The van der Waals surface area contributed by atoms with Gasteiger partial charge in [-0.3, -0.25) is 20.4 Å². The van der Waals surface area contributed by atoms with Crippen molar-refractivity contribution in [1.29, 1.82) is 0 Å². The molecule has 200 valence electrons. The van der Waals surface area contributed by atoms with Gasteiger partial charge in [-0.05, 0) is 81.4 Å². The van der Waals surface area contributed by atoms with Crippen molar-refractivity contribution in [2.45, 2.75) is 31.9 Å². The molecule has 1 aliphatic heterocycles. The van der Waals surface area contributed by atoms with Crippen LogP contribution in [0.1, 0.15) is 52.0 Å². The molecule has 37 heavy (non-hydrogen) atoms. The molecule has 0 radical (unpaired) electrons. The van der Waals surface area contributed by atoms with Gasteiger partial charge in [-0.1, -0.05) is 18.6 Å². The molecule has 1 aliphatic rings. The molecule has 1 fully saturated rings. The van der Waals surface area contributed by atoms with E-state index in [9.17, 15) is 27.2 Å². The van der Waals surface area contributed by atoms with E-state index in [0.29, 0.717) is 12.6 Å². The Morgan fingerprint density at radius 1 is 0.973 bits per heavy atom. The van der Waals surface area contributed by atoms with Crippen molar-refractivity contribution < 1.29 is 32.0 Å². The molecule has 1 saturated heterocycles. The van der Waals surface area contributed by atoms with Crippen LogP contribution in [0.3, 0.4) is 0 Å². The number of hydrogen-bond donors (Lipinski definition) is 4. The number of hydrogen-bond acceptors (Lipinski definition) is 6. The summed E-state index contributed by atoms with van der Waals surface area (Å²) in [4.78, 5) is 32.1. The lowest BCUT2D eigenvalue weighted by Gasteiger charge is -2.26. The summed E-state index contributed by atoms with van der Waals surface area (Å²) in [6, 6.07) is 7.61. The highest BCUT2D eigenvalue weighted by Gasteiger charge is 2.36. The van der Waals surface area contributed by atoms with Gasteiger partial charge in [0, 0.05) is 12.2 Å². The largest absolute Gasteiger partial charge is 0.417 e. The fourth-order valence-electron chi connectivity index (χ4n) is 3.77. The number of hydrazine groups is 1. The summed E-state index contributed by atoms with van der Waals surface area (Å²) in [6.45, 7) is 3.55. The fraction of sp³-hybridized carbons (Fsp3) is 0.375. The van der Waals surface area contributed by atoms with Gasteiger partial charge in [0.1, 0.15) is 5.82 Å². The first-order valence-corrected chi connectivity index (χ1v) is 12.1. The van der Waals surface area contributed by atoms with E-state index >= 15 is 0 Å². The third-order valence-corrected chi connectivity index (χ3v) is 5.78. The Labute approximate surface area is 216 Å². The minimum absolute atomic E-state index is 0.266. The van der Waals surface area contributed by atoms with E-state index in [1.54, 1.807) is 0 Å². The molecule has 2 aromatic rings. The van der Waals surface area contributed by atoms with Gasteiger partial charge in [0.15, 0.2) is 0 Å². The topological polar surface area (TPSA) is 94.7 Å². The van der Waals surface area contributed by atoms with E-state index in [0.717, 1.165) is 44.3 Å². The quantitative estimate of drug-likeness (QED) is 0.174. The number of rotatable bonds is 8. The van der Waals surface area contributed by atoms with E-state index in [-0.39, 0.29) is 16.4 Å². The van der Waals surface area contributed by atoms with E-state index in [1.807, 2.05) is 0 Å². The van der Waals surface area contributed by atoms with Crippen LogP contribution in [0.2, 0.25) is 0 Å². The van der Waals surface area contributed by atoms with E-state index in [4.69, 9.17) is 17.1 Å². The van der Waals surface area contributed by atoms with Crippen molar-refractivity contribution in [3.05, 3.63) is 65.0 Å². The second-order valence-corrected chi connectivity index (χ2v) is 8.68. The first kappa shape index (κ1) is 28.3. The van der Waals surface area contributed by atoms with Crippen molar-refractivity contribution >= 4 is 34.9 Å². The predicted molar refractivity (Wildman–Crippen MR) is 133 cm³/mol. The molecular weight excluding hydrogens is 514 g/mol. The number of thiocarbonyl (C=S) groups is 1. The zero-order valence-electron chi connectivity index (χ0n) is 19.8. The highest BCUT2D eigenvalue weighted by Crippen LogP contribution is 2.34. The van der Waals surface area contributed by atoms with Gasteiger partial charge in [0.2, 0.25) is 0 Å². The van der Waals surface area contributed by atoms with Gasteiger partial charge in [-0.2, -0.15) is 18.7 Å². The minimum atomic E-state index is -4.92. The maximum absolute atomic E-state index is 13.8. The van der Waals surface area contributed by atoms with E-state index in [1.165, 1.54) is 37.5 Å². The summed E-state index contributed by atoms with van der Waals surface area (Å²) in [5, 5.41) is 1.92. The Bertz CT molecular complexity index is 1110. The molecule has 3 rings (SSSR count). The number of amides is 2. The number of hydroxylamine groups is 1. The molecule has 0 atom stereocenters. The van der Waals surface area contributed by atoms with Crippen molar-refractivity contribution in [3.8, 4) is 0 Å². The molecule has 0 bridgehead atoms. The molecule has 13 heteroatoms. The highest BCUT2D eigenvalue weighted by atomic mass is 32.1. The third-order valence-electron chi connectivity index (χ3n) is 5.59. The molecule has 4 N–H and O–H groups in total. The van der Waals surface area contributed by atoms with Gasteiger partial charge in [0.25, 0.3) is 17.0 Å². The number of carbonyl (C=O) groups excluding carboxylic acids is 2. The number of anilines is 1. The number of nitrogens with zero attached hydrogens (tertiary/aromatic N) is 1. The maximum Gasteiger partial charge on any atom is 0.417 e. The second kappa shape index (κ2) is 13.3. The Kier molecular flexibility index (Phi) is 10.2. The van der Waals surface area contributed by atoms with Gasteiger partial charge in [-0.25, -0.2) is 4.39 Å². The van der Waals surface area contributed by atoms with Crippen LogP contribution in [0.15, 0.2) is 42.5 Å². The van der Waals surface area contributed by atoms with Crippen molar-refractivity contribution in [1.82, 2.24) is 21.2 Å². The van der Waals surface area contributed by atoms with Crippen LogP contribution in [0.4, 0.5) is 23.2 Å². The molecule has 2 amide bonds. The second-order valence-electron chi connectivity index (χ2n) is 8.31. The van der Waals surface area contributed by atoms with Gasteiger partial charge >= 0.3 is 6.18 Å². The fourth-order valence-corrected chi connectivity index (χ4v) is 3.88. The number of likely N-dealkylation sites (tertiary alicyclic amines) is 1. The van der Waals surface area contributed by atoms with Crippen molar-refractivity contribution in [2.75, 3.05) is 31.5 Å². The minimum Gasteiger partial charge on any atom is -0.377 e. The Balaban J connectivity index is 1.52. The SMILES string of the molecule is O=C(Nc1ccc(C(=O)NNC(=S)ONCCCN2CCCCC2)c(C(F)(F)F)c1)c1ccccc1F.